The Bertz CT molecular complexity index is 1500. The largest absolute Gasteiger partial charge is 0.464 e. The fourth-order valence-electron chi connectivity index (χ4n) is 5.89. The van der Waals surface area contributed by atoms with Crippen LogP contribution in [0.5, 0.6) is 0 Å². The van der Waals surface area contributed by atoms with Crippen molar-refractivity contribution in [1.29, 1.82) is 0 Å². The van der Waals surface area contributed by atoms with Crippen molar-refractivity contribution in [3.8, 4) is 0 Å². The Balaban J connectivity index is 1.30. The van der Waals surface area contributed by atoms with Crippen LogP contribution in [-0.2, 0) is 22.5 Å². The lowest BCUT2D eigenvalue weighted by Crippen LogP contribution is -2.43. The van der Waals surface area contributed by atoms with Gasteiger partial charge in [0.25, 0.3) is 0 Å². The Labute approximate surface area is 211 Å². The highest BCUT2D eigenvalue weighted by Crippen LogP contribution is 2.42. The molecular weight excluding hydrogens is 508 g/mol. The molecule has 1 aliphatic carbocycles. The molecule has 8 heteroatoms. The van der Waals surface area contributed by atoms with Crippen molar-refractivity contribution in [2.45, 2.75) is 38.8 Å². The van der Waals surface area contributed by atoms with Crippen molar-refractivity contribution in [3.63, 3.8) is 0 Å². The molecule has 0 saturated carbocycles. The number of esters is 1. The minimum absolute atomic E-state index is 0.136. The minimum Gasteiger partial charge on any atom is -0.464 e. The standard InChI is InChI=1S/C27H27BrN4O3/c1-15-6-9-21-18(12-15)17-4-3-5-22-26(17)32(21)11-10-31(22)14-23(33)30-24-19-13-16(28)7-8-20(19)29-25(24)27(34)35-2/h6-9,12-13,22,29H,3-5,10-11,14H2,1-2H3,(H,30,33)/t22-/m1/s1. The number of benzene rings is 2. The summed E-state index contributed by atoms with van der Waals surface area (Å²) in [6, 6.07) is 12.6. The molecule has 7 nitrogen and oxygen atoms in total. The van der Waals surface area contributed by atoms with Crippen LogP contribution in [-0.4, -0.2) is 46.5 Å². The van der Waals surface area contributed by atoms with Gasteiger partial charge in [0.15, 0.2) is 0 Å². The molecule has 0 saturated heterocycles. The first kappa shape index (κ1) is 22.4. The molecule has 1 aliphatic heterocycles. The molecule has 4 aromatic rings. The molecule has 2 aromatic heterocycles. The van der Waals surface area contributed by atoms with Crippen LogP contribution in [0.2, 0.25) is 0 Å². The third-order valence-corrected chi connectivity index (χ3v) is 7.89. The van der Waals surface area contributed by atoms with Crippen LogP contribution in [0.25, 0.3) is 21.8 Å². The van der Waals surface area contributed by atoms with E-state index >= 15 is 0 Å². The van der Waals surface area contributed by atoms with E-state index in [2.05, 4.69) is 60.8 Å². The number of methoxy groups -OCH3 is 1. The van der Waals surface area contributed by atoms with Gasteiger partial charge in [-0.05, 0) is 62.1 Å². The number of amides is 1. The maximum Gasteiger partial charge on any atom is 0.356 e. The number of aromatic amines is 1. The highest BCUT2D eigenvalue weighted by Gasteiger charge is 2.35. The zero-order valence-electron chi connectivity index (χ0n) is 19.8. The fourth-order valence-corrected chi connectivity index (χ4v) is 6.25. The first-order valence-electron chi connectivity index (χ1n) is 12.0. The second-order valence-corrected chi connectivity index (χ2v) is 10.4. The molecule has 0 radical (unpaired) electrons. The number of anilines is 1. The van der Waals surface area contributed by atoms with Crippen molar-refractivity contribution in [2.24, 2.45) is 0 Å². The molecule has 0 unspecified atom stereocenters. The molecule has 2 aromatic carbocycles. The number of carbonyl (C=O) groups is 2. The first-order valence-corrected chi connectivity index (χ1v) is 12.8. The van der Waals surface area contributed by atoms with Crippen molar-refractivity contribution in [2.75, 3.05) is 25.5 Å². The number of hydrogen-bond acceptors (Lipinski definition) is 4. The number of ether oxygens (including phenoxy) is 1. The number of aryl methyl sites for hydroxylation is 2. The zero-order valence-corrected chi connectivity index (χ0v) is 21.4. The summed E-state index contributed by atoms with van der Waals surface area (Å²) in [4.78, 5) is 31.1. The summed E-state index contributed by atoms with van der Waals surface area (Å²) >= 11 is 3.49. The van der Waals surface area contributed by atoms with E-state index in [9.17, 15) is 9.59 Å². The molecule has 1 atom stereocenters. The van der Waals surface area contributed by atoms with Gasteiger partial charge in [0.05, 0.1) is 25.4 Å². The SMILES string of the molecule is COC(=O)c1[nH]c2ccc(Br)cc2c1NC(=O)CN1CCn2c3c(c4cc(C)ccc42)CCC[C@H]31. The lowest BCUT2D eigenvalue weighted by Gasteiger charge is -2.39. The van der Waals surface area contributed by atoms with E-state index in [-0.39, 0.29) is 24.2 Å². The number of rotatable bonds is 4. The van der Waals surface area contributed by atoms with Crippen molar-refractivity contribution in [1.82, 2.24) is 14.5 Å². The van der Waals surface area contributed by atoms with Crippen LogP contribution >= 0.6 is 15.9 Å². The molecule has 0 spiro atoms. The maximum atomic E-state index is 13.3. The van der Waals surface area contributed by atoms with E-state index in [1.165, 1.54) is 34.8 Å². The summed E-state index contributed by atoms with van der Waals surface area (Å²) in [5.74, 6) is -0.647. The van der Waals surface area contributed by atoms with Gasteiger partial charge in [-0.15, -0.1) is 0 Å². The number of H-pyrrole nitrogens is 1. The highest BCUT2D eigenvalue weighted by atomic mass is 79.9. The predicted octanol–water partition coefficient (Wildman–Crippen LogP) is 5.31. The molecular formula is C27H27BrN4O3. The molecule has 35 heavy (non-hydrogen) atoms. The highest BCUT2D eigenvalue weighted by molar-refractivity contribution is 9.10. The summed E-state index contributed by atoms with van der Waals surface area (Å²) in [6.45, 7) is 4.09. The van der Waals surface area contributed by atoms with Crippen LogP contribution in [0.4, 0.5) is 5.69 Å². The van der Waals surface area contributed by atoms with E-state index in [4.69, 9.17) is 4.74 Å². The smallest absolute Gasteiger partial charge is 0.356 e. The summed E-state index contributed by atoms with van der Waals surface area (Å²) in [6.07, 6.45) is 3.25. The van der Waals surface area contributed by atoms with Gasteiger partial charge in [0.2, 0.25) is 5.91 Å². The average Bonchev–Trinajstić information content (AvgIpc) is 3.36. The Morgan fingerprint density at radius 2 is 2.03 bits per heavy atom. The summed E-state index contributed by atoms with van der Waals surface area (Å²) < 4.78 is 8.29. The average molecular weight is 535 g/mol. The molecule has 2 N–H and O–H groups in total. The van der Waals surface area contributed by atoms with Gasteiger partial charge in [-0.3, -0.25) is 9.69 Å². The van der Waals surface area contributed by atoms with Crippen LogP contribution in [0, 0.1) is 6.92 Å². The van der Waals surface area contributed by atoms with Gasteiger partial charge in [-0.1, -0.05) is 27.6 Å². The number of carbonyl (C=O) groups excluding carboxylic acids is 2. The molecule has 2 aliphatic rings. The maximum absolute atomic E-state index is 13.3. The Morgan fingerprint density at radius 3 is 2.86 bits per heavy atom. The van der Waals surface area contributed by atoms with Gasteiger partial charge in [0.1, 0.15) is 5.69 Å². The Kier molecular flexibility index (Phi) is 5.45. The van der Waals surface area contributed by atoms with Crippen LogP contribution in [0.3, 0.4) is 0 Å². The lowest BCUT2D eigenvalue weighted by atomic mass is 9.89. The van der Waals surface area contributed by atoms with Crippen molar-refractivity contribution in [3.05, 3.63) is 63.4 Å². The first-order chi connectivity index (χ1) is 16.9. The van der Waals surface area contributed by atoms with Crippen molar-refractivity contribution >= 4 is 55.3 Å². The second-order valence-electron chi connectivity index (χ2n) is 9.52. The lowest BCUT2D eigenvalue weighted by molar-refractivity contribution is -0.118. The number of nitrogens with zero attached hydrogens (tertiary/aromatic N) is 2. The third-order valence-electron chi connectivity index (χ3n) is 7.40. The van der Waals surface area contributed by atoms with E-state index in [1.807, 2.05) is 18.2 Å². The van der Waals surface area contributed by atoms with Crippen LogP contribution in [0.1, 0.15) is 46.2 Å². The molecule has 0 bridgehead atoms. The number of halogens is 1. The molecule has 6 rings (SSSR count). The van der Waals surface area contributed by atoms with E-state index in [0.717, 1.165) is 47.7 Å². The van der Waals surface area contributed by atoms with Crippen molar-refractivity contribution < 1.29 is 14.3 Å². The third kappa shape index (κ3) is 3.67. The monoisotopic (exact) mass is 534 g/mol. The molecule has 0 fully saturated rings. The van der Waals surface area contributed by atoms with Crippen LogP contribution < -0.4 is 5.32 Å². The molecule has 3 heterocycles. The Hall–Kier alpha value is -3.10. The second kappa shape index (κ2) is 8.53. The number of fused-ring (bicyclic) bond motifs is 4. The normalized spacial score (nSPS) is 17.5. The molecule has 1 amide bonds. The number of nitrogens with one attached hydrogen (secondary N) is 2. The fraction of sp³-hybridized carbons (Fsp3) is 0.333. The number of hydrogen-bond donors (Lipinski definition) is 2. The molecule has 180 valence electrons. The summed E-state index contributed by atoms with van der Waals surface area (Å²) in [5.41, 5.74) is 6.89. The van der Waals surface area contributed by atoms with Crippen LogP contribution in [0.15, 0.2) is 40.9 Å². The minimum atomic E-state index is -0.512. The number of aromatic nitrogens is 2. The quantitative estimate of drug-likeness (QED) is 0.347. The van der Waals surface area contributed by atoms with Gasteiger partial charge in [0, 0.05) is 45.1 Å². The van der Waals surface area contributed by atoms with E-state index in [1.54, 1.807) is 0 Å². The summed E-state index contributed by atoms with van der Waals surface area (Å²) in [5, 5.41) is 5.15. The zero-order chi connectivity index (χ0) is 24.3. The predicted molar refractivity (Wildman–Crippen MR) is 140 cm³/mol. The Morgan fingerprint density at radius 1 is 1.17 bits per heavy atom. The van der Waals surface area contributed by atoms with E-state index < -0.39 is 5.97 Å². The summed E-state index contributed by atoms with van der Waals surface area (Å²) in [7, 11) is 1.34. The topological polar surface area (TPSA) is 79.4 Å². The van der Waals surface area contributed by atoms with Gasteiger partial charge < -0.3 is 19.6 Å². The van der Waals surface area contributed by atoms with Gasteiger partial charge >= 0.3 is 5.97 Å². The van der Waals surface area contributed by atoms with Gasteiger partial charge in [-0.2, -0.15) is 0 Å². The van der Waals surface area contributed by atoms with E-state index in [0.29, 0.717) is 5.69 Å². The van der Waals surface area contributed by atoms with Gasteiger partial charge in [-0.25, -0.2) is 4.79 Å².